The largest absolute Gasteiger partial charge is 0.573 e. The van der Waals surface area contributed by atoms with Gasteiger partial charge in [0.2, 0.25) is 0 Å². The first-order chi connectivity index (χ1) is 12.4. The van der Waals surface area contributed by atoms with E-state index in [0.29, 0.717) is 11.6 Å². The summed E-state index contributed by atoms with van der Waals surface area (Å²) in [6.45, 7) is 1.47. The number of ether oxygens (including phenoxy) is 2. The van der Waals surface area contributed by atoms with Gasteiger partial charge in [-0.25, -0.2) is 4.79 Å². The molecule has 0 radical (unpaired) electrons. The van der Waals surface area contributed by atoms with Gasteiger partial charge in [0, 0.05) is 5.69 Å². The summed E-state index contributed by atoms with van der Waals surface area (Å²) in [5.74, 6) is -1.45. The number of halogens is 6. The third-order valence-electron chi connectivity index (χ3n) is 3.45. The molecule has 0 aliphatic rings. The van der Waals surface area contributed by atoms with E-state index in [1.165, 1.54) is 13.0 Å². The van der Waals surface area contributed by atoms with E-state index in [1.54, 1.807) is 0 Å². The Morgan fingerprint density at radius 1 is 0.963 bits per heavy atom. The maximum atomic E-state index is 12.9. The van der Waals surface area contributed by atoms with Crippen molar-refractivity contribution in [2.45, 2.75) is 19.5 Å². The standard InChI is InChI=1S/C17H13F6NO3/c1-9-7-11(27-17(21,22)23)4-6-13(9)24-14-5-3-10(16(18,19)20)8-12(14)15(25)26-2/h3-8,24H,1-2H3. The van der Waals surface area contributed by atoms with Gasteiger partial charge in [0.05, 0.1) is 23.9 Å². The second kappa shape index (κ2) is 7.37. The fourth-order valence-electron chi connectivity index (χ4n) is 2.23. The number of benzene rings is 2. The predicted octanol–water partition coefficient (Wildman–Crippen LogP) is 5.44. The average molecular weight is 393 g/mol. The fourth-order valence-corrected chi connectivity index (χ4v) is 2.23. The number of nitrogens with one attached hydrogen (secondary N) is 1. The van der Waals surface area contributed by atoms with Gasteiger partial charge in [-0.05, 0) is 48.9 Å². The molecule has 0 aliphatic heterocycles. The van der Waals surface area contributed by atoms with Crippen LogP contribution in [0.2, 0.25) is 0 Å². The van der Waals surface area contributed by atoms with Crippen LogP contribution in [-0.4, -0.2) is 19.4 Å². The number of hydrogen-bond donors (Lipinski definition) is 1. The summed E-state index contributed by atoms with van der Waals surface area (Å²) >= 11 is 0. The molecule has 0 unspecified atom stereocenters. The predicted molar refractivity (Wildman–Crippen MR) is 83.9 cm³/mol. The molecule has 4 nitrogen and oxygen atoms in total. The van der Waals surface area contributed by atoms with Crippen LogP contribution >= 0.6 is 0 Å². The summed E-state index contributed by atoms with van der Waals surface area (Å²) < 4.78 is 83.6. The van der Waals surface area contributed by atoms with E-state index < -0.39 is 29.8 Å². The Morgan fingerprint density at radius 2 is 1.59 bits per heavy atom. The highest BCUT2D eigenvalue weighted by Gasteiger charge is 2.32. The van der Waals surface area contributed by atoms with Crippen LogP contribution in [0, 0.1) is 6.92 Å². The summed E-state index contributed by atoms with van der Waals surface area (Å²) in [6.07, 6.45) is -9.51. The highest BCUT2D eigenvalue weighted by molar-refractivity contribution is 5.97. The van der Waals surface area contributed by atoms with E-state index >= 15 is 0 Å². The smallest absolute Gasteiger partial charge is 0.465 e. The first-order valence-electron chi connectivity index (χ1n) is 7.33. The van der Waals surface area contributed by atoms with Crippen LogP contribution in [0.25, 0.3) is 0 Å². The molecule has 0 saturated heterocycles. The topological polar surface area (TPSA) is 47.6 Å². The lowest BCUT2D eigenvalue weighted by atomic mass is 10.1. The lowest BCUT2D eigenvalue weighted by Crippen LogP contribution is -2.17. The number of anilines is 2. The zero-order valence-electron chi connectivity index (χ0n) is 14.0. The van der Waals surface area contributed by atoms with Gasteiger partial charge in [0.1, 0.15) is 5.75 Å². The van der Waals surface area contributed by atoms with Crippen molar-refractivity contribution in [2.75, 3.05) is 12.4 Å². The van der Waals surface area contributed by atoms with Gasteiger partial charge >= 0.3 is 18.5 Å². The first kappa shape index (κ1) is 20.4. The monoisotopic (exact) mass is 393 g/mol. The minimum atomic E-state index is -4.85. The van der Waals surface area contributed by atoms with Gasteiger partial charge in [0.15, 0.2) is 0 Å². The van der Waals surface area contributed by atoms with Crippen LogP contribution in [0.4, 0.5) is 37.7 Å². The maximum Gasteiger partial charge on any atom is 0.573 e. The fraction of sp³-hybridized carbons (Fsp3) is 0.235. The van der Waals surface area contributed by atoms with Crippen LogP contribution in [-0.2, 0) is 10.9 Å². The van der Waals surface area contributed by atoms with Crippen molar-refractivity contribution < 1.29 is 40.6 Å². The Morgan fingerprint density at radius 3 is 2.11 bits per heavy atom. The number of alkyl halides is 6. The molecule has 0 aromatic heterocycles. The van der Waals surface area contributed by atoms with Crippen molar-refractivity contribution in [2.24, 2.45) is 0 Å². The van der Waals surface area contributed by atoms with Gasteiger partial charge < -0.3 is 14.8 Å². The number of carbonyl (C=O) groups excluding carboxylic acids is 1. The Hall–Kier alpha value is -2.91. The molecule has 2 rings (SSSR count). The van der Waals surface area contributed by atoms with Crippen molar-refractivity contribution in [3.05, 3.63) is 53.1 Å². The van der Waals surface area contributed by atoms with Crippen molar-refractivity contribution >= 4 is 17.3 Å². The molecule has 2 aromatic carbocycles. The van der Waals surface area contributed by atoms with E-state index in [1.807, 2.05) is 0 Å². The number of carbonyl (C=O) groups is 1. The second-order valence-electron chi connectivity index (χ2n) is 5.40. The zero-order chi connectivity index (χ0) is 20.4. The number of rotatable bonds is 4. The van der Waals surface area contributed by atoms with Crippen LogP contribution in [0.1, 0.15) is 21.5 Å². The second-order valence-corrected chi connectivity index (χ2v) is 5.40. The Balaban J connectivity index is 2.38. The van der Waals surface area contributed by atoms with E-state index in [2.05, 4.69) is 14.8 Å². The highest BCUT2D eigenvalue weighted by atomic mass is 19.4. The number of methoxy groups -OCH3 is 1. The molecule has 0 saturated carbocycles. The van der Waals surface area contributed by atoms with Crippen LogP contribution in [0.15, 0.2) is 36.4 Å². The highest BCUT2D eigenvalue weighted by Crippen LogP contribution is 2.34. The number of hydrogen-bond acceptors (Lipinski definition) is 4. The molecular weight excluding hydrogens is 380 g/mol. The molecule has 0 fully saturated rings. The summed E-state index contributed by atoms with van der Waals surface area (Å²) in [6, 6.07) is 5.81. The molecule has 146 valence electrons. The van der Waals surface area contributed by atoms with Crippen molar-refractivity contribution in [1.82, 2.24) is 0 Å². The maximum absolute atomic E-state index is 12.9. The minimum Gasteiger partial charge on any atom is -0.465 e. The molecule has 10 heteroatoms. The van der Waals surface area contributed by atoms with Crippen molar-refractivity contribution in [3.63, 3.8) is 0 Å². The molecule has 27 heavy (non-hydrogen) atoms. The van der Waals surface area contributed by atoms with Gasteiger partial charge in [-0.2, -0.15) is 13.2 Å². The normalized spacial score (nSPS) is 11.9. The molecule has 0 heterocycles. The van der Waals surface area contributed by atoms with Crippen molar-refractivity contribution in [1.29, 1.82) is 0 Å². The first-order valence-corrected chi connectivity index (χ1v) is 7.33. The molecule has 1 N–H and O–H groups in total. The van der Waals surface area contributed by atoms with E-state index in [9.17, 15) is 31.1 Å². The molecule has 0 bridgehead atoms. The van der Waals surface area contributed by atoms with Gasteiger partial charge in [0.25, 0.3) is 0 Å². The van der Waals surface area contributed by atoms with Crippen LogP contribution < -0.4 is 10.1 Å². The van der Waals surface area contributed by atoms with Crippen LogP contribution in [0.5, 0.6) is 5.75 Å². The Bertz CT molecular complexity index is 846. The third-order valence-corrected chi connectivity index (χ3v) is 3.45. The molecule has 0 spiro atoms. The van der Waals surface area contributed by atoms with Crippen LogP contribution in [0.3, 0.4) is 0 Å². The Kier molecular flexibility index (Phi) is 5.57. The van der Waals surface area contributed by atoms with E-state index in [-0.39, 0.29) is 16.9 Å². The van der Waals surface area contributed by atoms with Crippen molar-refractivity contribution in [3.8, 4) is 5.75 Å². The average Bonchev–Trinajstić information content (AvgIpc) is 2.54. The van der Waals surface area contributed by atoms with Gasteiger partial charge in [-0.3, -0.25) is 0 Å². The quantitative estimate of drug-likeness (QED) is 0.555. The lowest BCUT2D eigenvalue weighted by molar-refractivity contribution is -0.274. The van der Waals surface area contributed by atoms with E-state index in [0.717, 1.165) is 31.4 Å². The number of aryl methyl sites for hydroxylation is 1. The number of esters is 1. The third kappa shape index (κ3) is 5.28. The SMILES string of the molecule is COC(=O)c1cc(C(F)(F)F)ccc1Nc1ccc(OC(F)(F)F)cc1C. The lowest BCUT2D eigenvalue weighted by Gasteiger charge is -2.16. The molecular formula is C17H13F6NO3. The summed E-state index contributed by atoms with van der Waals surface area (Å²) in [5, 5.41) is 2.72. The summed E-state index contributed by atoms with van der Waals surface area (Å²) in [5.41, 5.74) is -0.828. The molecule has 0 atom stereocenters. The molecule has 0 amide bonds. The Labute approximate surface area is 149 Å². The van der Waals surface area contributed by atoms with Gasteiger partial charge in [-0.15, -0.1) is 13.2 Å². The zero-order valence-corrected chi connectivity index (χ0v) is 14.0. The van der Waals surface area contributed by atoms with Gasteiger partial charge in [-0.1, -0.05) is 0 Å². The minimum absolute atomic E-state index is 0.00226. The van der Waals surface area contributed by atoms with E-state index in [4.69, 9.17) is 0 Å². The summed E-state index contributed by atoms with van der Waals surface area (Å²) in [4.78, 5) is 11.8. The molecule has 0 aliphatic carbocycles. The molecule has 2 aromatic rings. The summed E-state index contributed by atoms with van der Waals surface area (Å²) in [7, 11) is 1.01.